The van der Waals surface area contributed by atoms with Gasteiger partial charge in [-0.1, -0.05) is 33.8 Å². The first-order valence-electron chi connectivity index (χ1n) is 6.61. The lowest BCUT2D eigenvalue weighted by molar-refractivity contribution is -0.105. The third-order valence-electron chi connectivity index (χ3n) is 4.30. The minimum atomic E-state index is -0.147. The maximum absolute atomic E-state index is 11.3. The van der Waals surface area contributed by atoms with Crippen molar-refractivity contribution in [2.24, 2.45) is 17.3 Å². The van der Waals surface area contributed by atoms with Crippen LogP contribution in [0, 0.1) is 17.3 Å². The maximum Gasteiger partial charge on any atom is 0.150 e. The molecule has 0 aromatic heterocycles. The largest absolute Gasteiger partial charge is 0.488 e. The van der Waals surface area contributed by atoms with Gasteiger partial charge in [-0.2, -0.15) is 0 Å². The summed E-state index contributed by atoms with van der Waals surface area (Å²) in [5.74, 6) is 1.04. The van der Waals surface area contributed by atoms with E-state index in [0.29, 0.717) is 0 Å². The zero-order chi connectivity index (χ0) is 13.5. The molecule has 1 saturated heterocycles. The molecule has 0 aromatic rings. The van der Waals surface area contributed by atoms with Gasteiger partial charge in [0.15, 0.2) is 0 Å². The van der Waals surface area contributed by atoms with Crippen LogP contribution in [-0.2, 0) is 9.53 Å². The fraction of sp³-hybridized carbons (Fsp3) is 0.667. The number of rotatable bonds is 3. The summed E-state index contributed by atoms with van der Waals surface area (Å²) < 4.78 is 6.03. The molecule has 0 spiro atoms. The molecular weight excluding hydrogens is 228 g/mol. The number of aliphatic hydroxyl groups is 1. The van der Waals surface area contributed by atoms with E-state index in [1.807, 2.05) is 13.8 Å². The predicted octanol–water partition coefficient (Wildman–Crippen LogP) is 2.46. The summed E-state index contributed by atoms with van der Waals surface area (Å²) in [7, 11) is 0. The minimum absolute atomic E-state index is 0.0576. The molecule has 2 rings (SSSR count). The molecule has 2 aliphatic rings. The summed E-state index contributed by atoms with van der Waals surface area (Å²) in [5.41, 5.74) is 1.76. The molecule has 1 N–H and O–H groups in total. The van der Waals surface area contributed by atoms with Crippen molar-refractivity contribution < 1.29 is 14.6 Å². The van der Waals surface area contributed by atoms with E-state index in [1.54, 1.807) is 0 Å². The molecule has 3 heteroatoms. The highest BCUT2D eigenvalue weighted by atomic mass is 16.5. The van der Waals surface area contributed by atoms with Crippen molar-refractivity contribution in [3.05, 3.63) is 23.0 Å². The van der Waals surface area contributed by atoms with Crippen LogP contribution in [0.25, 0.3) is 0 Å². The van der Waals surface area contributed by atoms with Gasteiger partial charge in [0.25, 0.3) is 0 Å². The number of carbonyl (C=O) groups is 1. The first kappa shape index (κ1) is 13.3. The molecule has 1 aliphatic heterocycles. The highest BCUT2D eigenvalue weighted by Crippen LogP contribution is 2.51. The summed E-state index contributed by atoms with van der Waals surface area (Å²) in [6, 6.07) is 0. The van der Waals surface area contributed by atoms with Gasteiger partial charge >= 0.3 is 0 Å². The fourth-order valence-corrected chi connectivity index (χ4v) is 3.10. The second kappa shape index (κ2) is 4.54. The summed E-state index contributed by atoms with van der Waals surface area (Å²) in [5, 5.41) is 9.35. The van der Waals surface area contributed by atoms with E-state index in [2.05, 4.69) is 19.9 Å². The van der Waals surface area contributed by atoms with E-state index < -0.39 is 0 Å². The van der Waals surface area contributed by atoms with Crippen LogP contribution in [0.4, 0.5) is 0 Å². The Balaban J connectivity index is 2.46. The summed E-state index contributed by atoms with van der Waals surface area (Å²) in [4.78, 5) is 11.3. The van der Waals surface area contributed by atoms with Gasteiger partial charge in [-0.25, -0.2) is 0 Å². The molecule has 0 radical (unpaired) electrons. The van der Waals surface area contributed by atoms with Crippen molar-refractivity contribution >= 4 is 6.29 Å². The van der Waals surface area contributed by atoms with Gasteiger partial charge in [-0.05, 0) is 17.9 Å². The van der Waals surface area contributed by atoms with Crippen molar-refractivity contribution in [1.82, 2.24) is 0 Å². The van der Waals surface area contributed by atoms with Crippen LogP contribution in [0.2, 0.25) is 0 Å². The second-order valence-corrected chi connectivity index (χ2v) is 6.08. The predicted molar refractivity (Wildman–Crippen MR) is 69.9 cm³/mol. The number of aliphatic hydroxyl groups excluding tert-OH is 1. The van der Waals surface area contributed by atoms with Gasteiger partial charge in [0.1, 0.15) is 18.1 Å². The van der Waals surface area contributed by atoms with Crippen molar-refractivity contribution in [3.63, 3.8) is 0 Å². The number of hydrogen-bond acceptors (Lipinski definition) is 3. The zero-order valence-corrected chi connectivity index (χ0v) is 11.6. The van der Waals surface area contributed by atoms with Crippen LogP contribution in [0.5, 0.6) is 0 Å². The number of hydrogen-bond donors (Lipinski definition) is 1. The van der Waals surface area contributed by atoms with Gasteiger partial charge in [0, 0.05) is 23.5 Å². The lowest BCUT2D eigenvalue weighted by Crippen LogP contribution is -2.33. The van der Waals surface area contributed by atoms with Gasteiger partial charge < -0.3 is 9.84 Å². The SMILES string of the molecule is CC1CC=C2C(=C1C=O)OC(C(C)CO)C2(C)C. The van der Waals surface area contributed by atoms with E-state index in [4.69, 9.17) is 4.74 Å². The maximum atomic E-state index is 11.3. The van der Waals surface area contributed by atoms with Crippen molar-refractivity contribution in [2.45, 2.75) is 40.2 Å². The van der Waals surface area contributed by atoms with Gasteiger partial charge in [0.2, 0.25) is 0 Å². The van der Waals surface area contributed by atoms with E-state index in [-0.39, 0.29) is 30.0 Å². The van der Waals surface area contributed by atoms with Crippen molar-refractivity contribution in [3.8, 4) is 0 Å². The lowest BCUT2D eigenvalue weighted by Gasteiger charge is -2.29. The molecule has 1 heterocycles. The Bertz CT molecular complexity index is 417. The van der Waals surface area contributed by atoms with Crippen molar-refractivity contribution in [2.75, 3.05) is 6.61 Å². The Labute approximate surface area is 109 Å². The number of aldehydes is 1. The van der Waals surface area contributed by atoms with Crippen molar-refractivity contribution in [1.29, 1.82) is 0 Å². The van der Waals surface area contributed by atoms with E-state index in [0.717, 1.165) is 29.6 Å². The summed E-state index contributed by atoms with van der Waals surface area (Å²) >= 11 is 0. The third kappa shape index (κ3) is 1.81. The first-order chi connectivity index (χ1) is 8.43. The van der Waals surface area contributed by atoms with Gasteiger partial charge in [-0.3, -0.25) is 4.79 Å². The van der Waals surface area contributed by atoms with Crippen LogP contribution in [0.1, 0.15) is 34.1 Å². The van der Waals surface area contributed by atoms with Gasteiger partial charge in [-0.15, -0.1) is 0 Å². The Morgan fingerprint density at radius 3 is 2.83 bits per heavy atom. The highest BCUT2D eigenvalue weighted by molar-refractivity contribution is 5.77. The van der Waals surface area contributed by atoms with Crippen LogP contribution in [-0.4, -0.2) is 24.1 Å². The number of carbonyl (C=O) groups excluding carboxylic acids is 1. The molecule has 1 fully saturated rings. The molecule has 3 atom stereocenters. The Kier molecular flexibility index (Phi) is 3.37. The normalized spacial score (nSPS) is 31.5. The lowest BCUT2D eigenvalue weighted by atomic mass is 9.73. The highest BCUT2D eigenvalue weighted by Gasteiger charge is 2.48. The Hall–Kier alpha value is -1.09. The van der Waals surface area contributed by atoms with E-state index >= 15 is 0 Å². The quantitative estimate of drug-likeness (QED) is 0.783. The zero-order valence-electron chi connectivity index (χ0n) is 11.6. The number of ether oxygens (including phenoxy) is 1. The standard InChI is InChI=1S/C15H22O3/c1-9-5-6-12-13(11(9)8-17)18-14(10(2)7-16)15(12,3)4/h6,8-10,14,16H,5,7H2,1-4H3. The number of fused-ring (bicyclic) bond motifs is 1. The second-order valence-electron chi connectivity index (χ2n) is 6.08. The average Bonchev–Trinajstić information content (AvgIpc) is 2.60. The minimum Gasteiger partial charge on any atom is -0.488 e. The summed E-state index contributed by atoms with van der Waals surface area (Å²) in [6.07, 6.45) is 3.94. The molecule has 1 aliphatic carbocycles. The van der Waals surface area contributed by atoms with Gasteiger partial charge in [0.05, 0.1) is 0 Å². The Morgan fingerprint density at radius 1 is 1.61 bits per heavy atom. The molecular formula is C15H22O3. The van der Waals surface area contributed by atoms with Crippen LogP contribution in [0.3, 0.4) is 0 Å². The molecule has 0 bridgehead atoms. The van der Waals surface area contributed by atoms with E-state index in [9.17, 15) is 9.90 Å². The molecule has 18 heavy (non-hydrogen) atoms. The average molecular weight is 250 g/mol. The van der Waals surface area contributed by atoms with Crippen LogP contribution in [0.15, 0.2) is 23.0 Å². The smallest absolute Gasteiger partial charge is 0.150 e. The summed E-state index contributed by atoms with van der Waals surface area (Å²) in [6.45, 7) is 8.38. The topological polar surface area (TPSA) is 46.5 Å². The van der Waals surface area contributed by atoms with Crippen LogP contribution >= 0.6 is 0 Å². The molecule has 0 amide bonds. The molecule has 0 saturated carbocycles. The molecule has 0 aromatic carbocycles. The van der Waals surface area contributed by atoms with Crippen LogP contribution < -0.4 is 0 Å². The Morgan fingerprint density at radius 2 is 2.28 bits per heavy atom. The number of allylic oxidation sites excluding steroid dienone is 3. The fourth-order valence-electron chi connectivity index (χ4n) is 3.10. The monoisotopic (exact) mass is 250 g/mol. The van der Waals surface area contributed by atoms with E-state index in [1.165, 1.54) is 0 Å². The molecule has 3 nitrogen and oxygen atoms in total. The molecule has 100 valence electrons. The molecule has 3 unspecified atom stereocenters. The first-order valence-corrected chi connectivity index (χ1v) is 6.61. The third-order valence-corrected chi connectivity index (χ3v) is 4.30.